The molecule has 0 heterocycles. The van der Waals surface area contributed by atoms with Crippen molar-refractivity contribution in [1.82, 2.24) is 0 Å². The second-order valence-corrected chi connectivity index (χ2v) is 5.83. The van der Waals surface area contributed by atoms with Gasteiger partial charge in [0.25, 0.3) is 0 Å². The molecule has 0 spiro atoms. The van der Waals surface area contributed by atoms with Gasteiger partial charge >= 0.3 is 23.7 Å². The number of anilines is 2. The van der Waals surface area contributed by atoms with Gasteiger partial charge in [0.1, 0.15) is 0 Å². The summed E-state index contributed by atoms with van der Waals surface area (Å²) in [7, 11) is 0. The van der Waals surface area contributed by atoms with Crippen molar-refractivity contribution >= 4 is 46.4 Å². The van der Waals surface area contributed by atoms with E-state index in [0.717, 1.165) is 12.1 Å². The first-order valence-electron chi connectivity index (χ1n) is 6.95. The predicted octanol–water partition coefficient (Wildman–Crippen LogP) is 4.84. The standard InChI is InChI=1S/C16H10Cl2F4N2O2/c17-9-5-1-3-7-11(9)23-13(25)15(19,20)16(21,22)14(26)24-12-8-4-2-6-10(12)18/h1-8H,(H,23,25)(H,24,26). The molecule has 0 aromatic heterocycles. The summed E-state index contributed by atoms with van der Waals surface area (Å²) in [6.45, 7) is 0. The lowest BCUT2D eigenvalue weighted by molar-refractivity contribution is -0.204. The van der Waals surface area contributed by atoms with Crippen molar-refractivity contribution in [2.75, 3.05) is 10.6 Å². The quantitative estimate of drug-likeness (QED) is 0.695. The second-order valence-electron chi connectivity index (χ2n) is 5.02. The lowest BCUT2D eigenvalue weighted by Crippen LogP contribution is -2.56. The molecule has 138 valence electrons. The van der Waals surface area contributed by atoms with Crippen molar-refractivity contribution < 1.29 is 27.2 Å². The van der Waals surface area contributed by atoms with Crippen LogP contribution >= 0.6 is 23.2 Å². The molecule has 0 saturated heterocycles. The fraction of sp³-hybridized carbons (Fsp3) is 0.125. The predicted molar refractivity (Wildman–Crippen MR) is 90.1 cm³/mol. The van der Waals surface area contributed by atoms with Gasteiger partial charge in [-0.25, -0.2) is 0 Å². The van der Waals surface area contributed by atoms with Crippen molar-refractivity contribution in [2.45, 2.75) is 11.8 Å². The Hall–Kier alpha value is -2.32. The van der Waals surface area contributed by atoms with Crippen LogP contribution < -0.4 is 10.6 Å². The monoisotopic (exact) mass is 408 g/mol. The molecule has 2 aromatic carbocycles. The number of carbonyl (C=O) groups excluding carboxylic acids is 2. The Kier molecular flexibility index (Phi) is 5.77. The van der Waals surface area contributed by atoms with Gasteiger partial charge in [0.15, 0.2) is 0 Å². The highest BCUT2D eigenvalue weighted by atomic mass is 35.5. The van der Waals surface area contributed by atoms with Gasteiger partial charge in [0.05, 0.1) is 21.4 Å². The molecule has 0 bridgehead atoms. The minimum absolute atomic E-state index is 0.138. The number of halogens is 6. The highest BCUT2D eigenvalue weighted by molar-refractivity contribution is 6.34. The van der Waals surface area contributed by atoms with Gasteiger partial charge in [-0.2, -0.15) is 17.6 Å². The Balaban J connectivity index is 2.22. The summed E-state index contributed by atoms with van der Waals surface area (Å²) in [5.74, 6) is -15.5. The number of para-hydroxylation sites is 2. The van der Waals surface area contributed by atoms with E-state index in [0.29, 0.717) is 0 Å². The molecule has 10 heteroatoms. The first-order valence-corrected chi connectivity index (χ1v) is 7.70. The topological polar surface area (TPSA) is 58.2 Å². The third-order valence-electron chi connectivity index (χ3n) is 3.21. The maximum Gasteiger partial charge on any atom is 0.396 e. The van der Waals surface area contributed by atoms with Crippen LogP contribution in [0.15, 0.2) is 48.5 Å². The average molecular weight is 409 g/mol. The van der Waals surface area contributed by atoms with Gasteiger partial charge in [-0.1, -0.05) is 47.5 Å². The summed E-state index contributed by atoms with van der Waals surface area (Å²) in [6.07, 6.45) is 0. The van der Waals surface area contributed by atoms with E-state index in [1.807, 2.05) is 0 Å². The van der Waals surface area contributed by atoms with E-state index >= 15 is 0 Å². The fourth-order valence-electron chi connectivity index (χ4n) is 1.81. The third-order valence-corrected chi connectivity index (χ3v) is 3.87. The number of alkyl halides is 4. The van der Waals surface area contributed by atoms with Crippen LogP contribution in [0.2, 0.25) is 10.0 Å². The molecule has 2 rings (SSSR count). The largest absolute Gasteiger partial charge is 0.396 e. The van der Waals surface area contributed by atoms with Crippen LogP contribution in [0.4, 0.5) is 28.9 Å². The van der Waals surface area contributed by atoms with E-state index in [-0.39, 0.29) is 21.4 Å². The molecular weight excluding hydrogens is 399 g/mol. The molecule has 0 aliphatic heterocycles. The number of carbonyl (C=O) groups is 2. The Bertz CT molecular complexity index is 777. The Labute approximate surface area is 155 Å². The Morgan fingerprint density at radius 3 is 1.31 bits per heavy atom. The number of hydrogen-bond donors (Lipinski definition) is 2. The summed E-state index contributed by atoms with van der Waals surface area (Å²) in [5.41, 5.74) is -0.609. The van der Waals surface area contributed by atoms with E-state index in [9.17, 15) is 27.2 Å². The van der Waals surface area contributed by atoms with Crippen LogP contribution in [-0.2, 0) is 9.59 Å². The van der Waals surface area contributed by atoms with Crippen LogP contribution in [-0.4, -0.2) is 23.7 Å². The zero-order valence-electron chi connectivity index (χ0n) is 12.7. The van der Waals surface area contributed by atoms with Gasteiger partial charge < -0.3 is 10.6 Å². The number of amides is 2. The van der Waals surface area contributed by atoms with Crippen LogP contribution in [0.3, 0.4) is 0 Å². The summed E-state index contributed by atoms with van der Waals surface area (Å²) in [5, 5.41) is 2.88. The maximum absolute atomic E-state index is 14.0. The van der Waals surface area contributed by atoms with Gasteiger partial charge in [-0.3, -0.25) is 9.59 Å². The molecule has 4 nitrogen and oxygen atoms in total. The summed E-state index contributed by atoms with van der Waals surface area (Å²) >= 11 is 11.4. The Morgan fingerprint density at radius 1 is 0.692 bits per heavy atom. The average Bonchev–Trinajstić information content (AvgIpc) is 2.58. The number of rotatable bonds is 5. The van der Waals surface area contributed by atoms with Crippen LogP contribution in [0.1, 0.15) is 0 Å². The smallest absolute Gasteiger partial charge is 0.319 e. The summed E-state index contributed by atoms with van der Waals surface area (Å²) in [6, 6.07) is 10.4. The van der Waals surface area contributed by atoms with Gasteiger partial charge in [-0.05, 0) is 24.3 Å². The number of nitrogens with one attached hydrogen (secondary N) is 2. The van der Waals surface area contributed by atoms with Crippen LogP contribution in [0, 0.1) is 0 Å². The number of benzene rings is 2. The van der Waals surface area contributed by atoms with Gasteiger partial charge in [0, 0.05) is 0 Å². The highest BCUT2D eigenvalue weighted by Gasteiger charge is 2.67. The number of hydrogen-bond acceptors (Lipinski definition) is 2. The van der Waals surface area contributed by atoms with Crippen molar-refractivity contribution in [2.24, 2.45) is 0 Å². The van der Waals surface area contributed by atoms with E-state index in [2.05, 4.69) is 0 Å². The van der Waals surface area contributed by atoms with Crippen molar-refractivity contribution in [1.29, 1.82) is 0 Å². The molecule has 0 radical (unpaired) electrons. The maximum atomic E-state index is 14.0. The molecule has 0 aliphatic carbocycles. The lowest BCUT2D eigenvalue weighted by atomic mass is 10.1. The van der Waals surface area contributed by atoms with E-state index in [1.165, 1.54) is 36.4 Å². The molecule has 0 fully saturated rings. The zero-order valence-corrected chi connectivity index (χ0v) is 14.2. The molecule has 0 atom stereocenters. The Morgan fingerprint density at radius 2 is 1.00 bits per heavy atom. The fourth-order valence-corrected chi connectivity index (χ4v) is 2.18. The SMILES string of the molecule is O=C(Nc1ccccc1Cl)C(F)(F)C(F)(F)C(=O)Nc1ccccc1Cl. The second kappa shape index (κ2) is 7.51. The van der Waals surface area contributed by atoms with Crippen molar-refractivity contribution in [3.05, 3.63) is 58.6 Å². The lowest BCUT2D eigenvalue weighted by Gasteiger charge is -2.24. The molecule has 0 saturated carbocycles. The van der Waals surface area contributed by atoms with Gasteiger partial charge in [-0.15, -0.1) is 0 Å². The van der Waals surface area contributed by atoms with E-state index < -0.39 is 23.7 Å². The zero-order chi connectivity index (χ0) is 19.5. The highest BCUT2D eigenvalue weighted by Crippen LogP contribution is 2.37. The molecule has 2 N–H and O–H groups in total. The summed E-state index contributed by atoms with van der Waals surface area (Å²) < 4.78 is 55.9. The normalized spacial score (nSPS) is 11.8. The third kappa shape index (κ3) is 3.91. The first kappa shape index (κ1) is 20.0. The van der Waals surface area contributed by atoms with Crippen LogP contribution in [0.5, 0.6) is 0 Å². The molecule has 0 unspecified atom stereocenters. The van der Waals surface area contributed by atoms with Crippen molar-refractivity contribution in [3.8, 4) is 0 Å². The minimum Gasteiger partial charge on any atom is -0.319 e. The summed E-state index contributed by atoms with van der Waals surface area (Å²) in [4.78, 5) is 23.3. The van der Waals surface area contributed by atoms with Crippen LogP contribution in [0.25, 0.3) is 0 Å². The molecule has 2 aromatic rings. The van der Waals surface area contributed by atoms with Crippen molar-refractivity contribution in [3.63, 3.8) is 0 Å². The molecule has 2 amide bonds. The molecule has 0 aliphatic rings. The molecular formula is C16H10Cl2F4N2O2. The molecule has 26 heavy (non-hydrogen) atoms. The minimum atomic E-state index is -5.35. The first-order chi connectivity index (χ1) is 12.1. The van der Waals surface area contributed by atoms with Gasteiger partial charge in [0.2, 0.25) is 0 Å². The van der Waals surface area contributed by atoms with E-state index in [4.69, 9.17) is 23.2 Å². The van der Waals surface area contributed by atoms with E-state index in [1.54, 1.807) is 10.6 Å².